The lowest BCUT2D eigenvalue weighted by atomic mass is 9.82. The maximum Gasteiger partial charge on any atom is 0.154 e. The average molecular weight is 348 g/mol. The standard InChI is InChI=1S/C18H12N4S2/c1-18(16-5-3-7-24-16)8-13(15-4-2-6-23-15)14(11-21)17(22-18)12(9-19)10-20/h2-7,22H,8H2,1H3. The third-order valence-electron chi connectivity index (χ3n) is 3.95. The van der Waals surface area contributed by atoms with Gasteiger partial charge in [-0.05, 0) is 35.4 Å². The van der Waals surface area contributed by atoms with Crippen molar-refractivity contribution in [1.29, 1.82) is 15.8 Å². The van der Waals surface area contributed by atoms with Crippen molar-refractivity contribution in [2.24, 2.45) is 0 Å². The Hall–Kier alpha value is -2.85. The largest absolute Gasteiger partial charge is 0.372 e. The molecule has 1 aliphatic heterocycles. The van der Waals surface area contributed by atoms with Crippen LogP contribution < -0.4 is 5.32 Å². The lowest BCUT2D eigenvalue weighted by molar-refractivity contribution is 0.415. The lowest BCUT2D eigenvalue weighted by Crippen LogP contribution is -2.42. The molecule has 1 N–H and O–H groups in total. The zero-order valence-electron chi connectivity index (χ0n) is 12.8. The molecule has 0 bridgehead atoms. The quantitative estimate of drug-likeness (QED) is 0.820. The van der Waals surface area contributed by atoms with Crippen LogP contribution in [0.4, 0.5) is 0 Å². The smallest absolute Gasteiger partial charge is 0.154 e. The number of nitrogens with one attached hydrogen (secondary N) is 1. The molecule has 0 radical (unpaired) electrons. The molecule has 0 amide bonds. The van der Waals surface area contributed by atoms with E-state index in [-0.39, 0.29) is 5.57 Å². The fourth-order valence-electron chi connectivity index (χ4n) is 2.82. The number of hydrogen-bond acceptors (Lipinski definition) is 6. The minimum Gasteiger partial charge on any atom is -0.372 e. The minimum atomic E-state index is -0.470. The number of allylic oxidation sites excluding steroid dienone is 2. The van der Waals surface area contributed by atoms with Crippen LogP contribution in [0.25, 0.3) is 5.57 Å². The summed E-state index contributed by atoms with van der Waals surface area (Å²) in [7, 11) is 0. The molecule has 116 valence electrons. The van der Waals surface area contributed by atoms with Crippen molar-refractivity contribution >= 4 is 28.2 Å². The molecule has 0 aromatic carbocycles. The third-order valence-corrected chi connectivity index (χ3v) is 6.02. The van der Waals surface area contributed by atoms with E-state index in [9.17, 15) is 15.8 Å². The first-order valence-electron chi connectivity index (χ1n) is 7.17. The summed E-state index contributed by atoms with van der Waals surface area (Å²) in [6, 6.07) is 13.9. The van der Waals surface area contributed by atoms with Gasteiger partial charge in [-0.2, -0.15) is 15.8 Å². The Morgan fingerprint density at radius 3 is 2.38 bits per heavy atom. The van der Waals surface area contributed by atoms with Gasteiger partial charge >= 0.3 is 0 Å². The minimum absolute atomic E-state index is 0.0666. The zero-order valence-corrected chi connectivity index (χ0v) is 14.5. The summed E-state index contributed by atoms with van der Waals surface area (Å²) in [5.74, 6) is 0. The van der Waals surface area contributed by atoms with Gasteiger partial charge in [0.25, 0.3) is 0 Å². The second-order valence-electron chi connectivity index (χ2n) is 5.53. The van der Waals surface area contributed by atoms with Crippen molar-refractivity contribution in [3.8, 4) is 18.2 Å². The summed E-state index contributed by atoms with van der Waals surface area (Å²) < 4.78 is 0. The van der Waals surface area contributed by atoms with Crippen molar-refractivity contribution in [2.45, 2.75) is 18.9 Å². The van der Waals surface area contributed by atoms with Crippen LogP contribution in [0.2, 0.25) is 0 Å². The predicted octanol–water partition coefficient (Wildman–Crippen LogP) is 4.30. The average Bonchev–Trinajstić information content (AvgIpc) is 3.29. The Morgan fingerprint density at radius 1 is 1.12 bits per heavy atom. The molecular weight excluding hydrogens is 336 g/mol. The Kier molecular flexibility index (Phi) is 4.23. The van der Waals surface area contributed by atoms with Gasteiger partial charge in [0, 0.05) is 16.2 Å². The summed E-state index contributed by atoms with van der Waals surface area (Å²) in [4.78, 5) is 2.09. The van der Waals surface area contributed by atoms with Gasteiger partial charge in [0.2, 0.25) is 0 Å². The Bertz CT molecular complexity index is 928. The highest BCUT2D eigenvalue weighted by Gasteiger charge is 2.38. The van der Waals surface area contributed by atoms with Crippen LogP contribution in [0.15, 0.2) is 51.9 Å². The Balaban J connectivity index is 2.28. The summed E-state index contributed by atoms with van der Waals surface area (Å²) in [6.45, 7) is 2.03. The Morgan fingerprint density at radius 2 is 1.83 bits per heavy atom. The molecule has 4 nitrogen and oxygen atoms in total. The highest BCUT2D eigenvalue weighted by Crippen LogP contribution is 2.44. The molecule has 1 unspecified atom stereocenters. The molecule has 0 fully saturated rings. The number of nitrogens with zero attached hydrogens (tertiary/aromatic N) is 3. The van der Waals surface area contributed by atoms with Crippen LogP contribution in [0, 0.1) is 34.0 Å². The number of rotatable bonds is 2. The molecule has 24 heavy (non-hydrogen) atoms. The van der Waals surface area contributed by atoms with E-state index in [1.54, 1.807) is 22.7 Å². The first-order chi connectivity index (χ1) is 11.6. The first kappa shape index (κ1) is 16.0. The summed E-state index contributed by atoms with van der Waals surface area (Å²) in [5.41, 5.74) is 1.04. The molecule has 6 heteroatoms. The highest BCUT2D eigenvalue weighted by molar-refractivity contribution is 7.11. The van der Waals surface area contributed by atoms with Crippen LogP contribution in [0.5, 0.6) is 0 Å². The van der Waals surface area contributed by atoms with E-state index >= 15 is 0 Å². The second kappa shape index (κ2) is 6.34. The van der Waals surface area contributed by atoms with Gasteiger partial charge in [-0.25, -0.2) is 0 Å². The van der Waals surface area contributed by atoms with Crippen molar-refractivity contribution in [3.05, 3.63) is 61.6 Å². The van der Waals surface area contributed by atoms with E-state index in [2.05, 4.69) is 11.4 Å². The summed E-state index contributed by atoms with van der Waals surface area (Å²) >= 11 is 3.17. The van der Waals surface area contributed by atoms with Crippen molar-refractivity contribution in [2.75, 3.05) is 0 Å². The molecule has 2 aromatic rings. The zero-order chi connectivity index (χ0) is 17.2. The monoisotopic (exact) mass is 348 g/mol. The van der Waals surface area contributed by atoms with E-state index in [0.717, 1.165) is 15.3 Å². The molecule has 1 aliphatic rings. The van der Waals surface area contributed by atoms with Crippen molar-refractivity contribution < 1.29 is 0 Å². The maximum atomic E-state index is 9.68. The lowest BCUT2D eigenvalue weighted by Gasteiger charge is -2.37. The topological polar surface area (TPSA) is 83.4 Å². The summed E-state index contributed by atoms with van der Waals surface area (Å²) in [6.07, 6.45) is 0.616. The second-order valence-corrected chi connectivity index (χ2v) is 7.42. The van der Waals surface area contributed by atoms with Gasteiger partial charge in [-0.1, -0.05) is 12.1 Å². The van der Waals surface area contributed by atoms with Gasteiger partial charge in [0.05, 0.1) is 16.8 Å². The Labute approximate surface area is 148 Å². The van der Waals surface area contributed by atoms with E-state index in [0.29, 0.717) is 17.7 Å². The maximum absolute atomic E-state index is 9.68. The van der Waals surface area contributed by atoms with E-state index in [4.69, 9.17) is 0 Å². The van der Waals surface area contributed by atoms with Crippen LogP contribution in [-0.2, 0) is 5.54 Å². The SMILES string of the molecule is CC1(c2cccs2)CC(c2cccs2)=C(C#N)C(=C(C#N)C#N)N1. The van der Waals surface area contributed by atoms with Crippen LogP contribution in [-0.4, -0.2) is 0 Å². The van der Waals surface area contributed by atoms with Crippen molar-refractivity contribution in [3.63, 3.8) is 0 Å². The van der Waals surface area contributed by atoms with E-state index in [1.165, 1.54) is 0 Å². The fraction of sp³-hybridized carbons (Fsp3) is 0.167. The van der Waals surface area contributed by atoms with Crippen molar-refractivity contribution in [1.82, 2.24) is 5.32 Å². The molecule has 1 atom stereocenters. The van der Waals surface area contributed by atoms with E-state index in [1.807, 2.05) is 54.1 Å². The first-order valence-corrected chi connectivity index (χ1v) is 8.93. The molecule has 0 saturated heterocycles. The third kappa shape index (κ3) is 2.61. The molecular formula is C18H12N4S2. The molecule has 3 rings (SSSR count). The molecule has 0 spiro atoms. The van der Waals surface area contributed by atoms with E-state index < -0.39 is 5.54 Å². The molecule has 3 heterocycles. The highest BCUT2D eigenvalue weighted by atomic mass is 32.1. The normalized spacial score (nSPS) is 19.8. The number of hydrogen-bond donors (Lipinski definition) is 1. The number of thiophene rings is 2. The number of nitriles is 3. The van der Waals surface area contributed by atoms with Gasteiger partial charge in [0.15, 0.2) is 5.57 Å². The molecule has 2 aromatic heterocycles. The van der Waals surface area contributed by atoms with Gasteiger partial charge < -0.3 is 5.32 Å². The predicted molar refractivity (Wildman–Crippen MR) is 94.5 cm³/mol. The van der Waals surface area contributed by atoms with Crippen LogP contribution in [0.3, 0.4) is 0 Å². The van der Waals surface area contributed by atoms with Gasteiger partial charge in [0.1, 0.15) is 18.2 Å². The molecule has 0 aliphatic carbocycles. The fourth-order valence-corrected chi connectivity index (χ4v) is 4.45. The van der Waals surface area contributed by atoms with Gasteiger partial charge in [-0.3, -0.25) is 0 Å². The van der Waals surface area contributed by atoms with Crippen LogP contribution in [0.1, 0.15) is 23.1 Å². The van der Waals surface area contributed by atoms with Gasteiger partial charge in [-0.15, -0.1) is 22.7 Å². The van der Waals surface area contributed by atoms with Crippen LogP contribution >= 0.6 is 22.7 Å². The summed E-state index contributed by atoms with van der Waals surface area (Å²) in [5, 5.41) is 35.6. The molecule has 0 saturated carbocycles.